The van der Waals surface area contributed by atoms with Crippen molar-refractivity contribution >= 4 is 43.5 Å². The second kappa shape index (κ2) is 11.6. The molecule has 8 aromatic carbocycles. The van der Waals surface area contributed by atoms with E-state index in [-0.39, 0.29) is 5.41 Å². The van der Waals surface area contributed by atoms with Gasteiger partial charge in [0.25, 0.3) is 0 Å². The highest BCUT2D eigenvalue weighted by molar-refractivity contribution is 6.13. The second-order valence-corrected chi connectivity index (χ2v) is 14.9. The fraction of sp³-hybridized carbons (Fsp3) is 0.0588. The van der Waals surface area contributed by atoms with E-state index in [0.29, 0.717) is 5.82 Å². The van der Waals surface area contributed by atoms with Crippen molar-refractivity contribution in [1.29, 1.82) is 0 Å². The molecule has 3 heteroatoms. The molecule has 1 aliphatic rings. The van der Waals surface area contributed by atoms with Gasteiger partial charge < -0.3 is 4.42 Å². The first-order chi connectivity index (χ1) is 26.5. The highest BCUT2D eigenvalue weighted by atomic mass is 16.3. The zero-order valence-corrected chi connectivity index (χ0v) is 30.0. The third kappa shape index (κ3) is 4.48. The van der Waals surface area contributed by atoms with Gasteiger partial charge in [-0.25, -0.2) is 9.97 Å². The molecule has 3 nitrogen and oxygen atoms in total. The highest BCUT2D eigenvalue weighted by Gasteiger charge is 2.38. The monoisotopic (exact) mass is 690 g/mol. The first kappa shape index (κ1) is 30.8. The summed E-state index contributed by atoms with van der Waals surface area (Å²) in [6.45, 7) is 4.75. The molecular formula is C51H34N2O. The standard InChI is InChI=1S/C51H34N2O/c1-51(2)42-29-26-31-14-6-7-17-33(31)47(42)41-23-12-21-37(49(41)51)36-27-28-38(35-19-9-8-18-34(35)36)50-52-43(32-15-4-3-5-16-32)30-44(53-50)39-22-13-25-46-48(39)40-20-10-11-24-45(40)54-46/h3-30H,1-2H3. The Morgan fingerprint density at radius 2 is 1.07 bits per heavy atom. The van der Waals surface area contributed by atoms with Crippen LogP contribution in [0.15, 0.2) is 174 Å². The Balaban J connectivity index is 1.14. The number of aromatic nitrogens is 2. The van der Waals surface area contributed by atoms with E-state index >= 15 is 0 Å². The van der Waals surface area contributed by atoms with E-state index in [2.05, 4.69) is 159 Å². The van der Waals surface area contributed by atoms with Crippen LogP contribution >= 0.6 is 0 Å². The summed E-state index contributed by atoms with van der Waals surface area (Å²) < 4.78 is 6.30. The minimum Gasteiger partial charge on any atom is -0.456 e. The molecule has 0 saturated heterocycles. The quantitative estimate of drug-likeness (QED) is 0.184. The number of para-hydroxylation sites is 1. The molecule has 0 atom stereocenters. The van der Waals surface area contributed by atoms with E-state index in [1.54, 1.807) is 0 Å². The third-order valence-corrected chi connectivity index (χ3v) is 11.5. The molecule has 0 N–H and O–H groups in total. The van der Waals surface area contributed by atoms with Gasteiger partial charge in [0.05, 0.1) is 11.4 Å². The van der Waals surface area contributed by atoms with Gasteiger partial charge in [0.15, 0.2) is 5.82 Å². The SMILES string of the molecule is CC1(C)c2ccc3ccccc3c2-c2cccc(-c3ccc(-c4nc(-c5ccccc5)cc(-c5cccc6oc7ccccc7c56)n4)c4ccccc34)c21. The van der Waals surface area contributed by atoms with Crippen LogP contribution in [0.2, 0.25) is 0 Å². The molecule has 2 aromatic heterocycles. The van der Waals surface area contributed by atoms with Crippen molar-refractivity contribution in [2.45, 2.75) is 19.3 Å². The maximum absolute atomic E-state index is 6.30. The smallest absolute Gasteiger partial charge is 0.161 e. The van der Waals surface area contributed by atoms with Gasteiger partial charge >= 0.3 is 0 Å². The molecule has 54 heavy (non-hydrogen) atoms. The van der Waals surface area contributed by atoms with Crippen LogP contribution in [-0.4, -0.2) is 9.97 Å². The van der Waals surface area contributed by atoms with Gasteiger partial charge in [-0.3, -0.25) is 0 Å². The van der Waals surface area contributed by atoms with Crippen LogP contribution in [0.3, 0.4) is 0 Å². The lowest BCUT2D eigenvalue weighted by molar-refractivity contribution is 0.662. The topological polar surface area (TPSA) is 38.9 Å². The molecule has 2 heterocycles. The molecular weight excluding hydrogens is 657 g/mol. The molecule has 0 fully saturated rings. The van der Waals surface area contributed by atoms with E-state index in [1.165, 1.54) is 49.5 Å². The number of rotatable bonds is 4. The van der Waals surface area contributed by atoms with Gasteiger partial charge in [-0.2, -0.15) is 0 Å². The Kier molecular flexibility index (Phi) is 6.60. The van der Waals surface area contributed by atoms with Crippen LogP contribution in [0.1, 0.15) is 25.0 Å². The third-order valence-electron chi connectivity index (χ3n) is 11.5. The number of fused-ring (bicyclic) bond motifs is 9. The van der Waals surface area contributed by atoms with Crippen molar-refractivity contribution in [3.63, 3.8) is 0 Å². The van der Waals surface area contributed by atoms with Crippen LogP contribution in [0.5, 0.6) is 0 Å². The summed E-state index contributed by atoms with van der Waals surface area (Å²) >= 11 is 0. The number of benzene rings is 8. The molecule has 10 aromatic rings. The summed E-state index contributed by atoms with van der Waals surface area (Å²) in [4.78, 5) is 10.7. The minimum atomic E-state index is -0.175. The summed E-state index contributed by atoms with van der Waals surface area (Å²) in [5, 5.41) is 7.02. The molecule has 1 aliphatic carbocycles. The molecule has 0 radical (unpaired) electrons. The maximum atomic E-state index is 6.30. The summed E-state index contributed by atoms with van der Waals surface area (Å²) in [6, 6.07) is 60.4. The zero-order chi connectivity index (χ0) is 36.0. The van der Waals surface area contributed by atoms with Crippen LogP contribution in [-0.2, 0) is 5.41 Å². The van der Waals surface area contributed by atoms with Crippen molar-refractivity contribution < 1.29 is 4.42 Å². The zero-order valence-electron chi connectivity index (χ0n) is 30.0. The van der Waals surface area contributed by atoms with Crippen LogP contribution in [0.25, 0.3) is 99.6 Å². The van der Waals surface area contributed by atoms with Crippen LogP contribution in [0.4, 0.5) is 0 Å². The van der Waals surface area contributed by atoms with E-state index < -0.39 is 0 Å². The molecule has 0 unspecified atom stereocenters. The van der Waals surface area contributed by atoms with Gasteiger partial charge in [0.2, 0.25) is 0 Å². The molecule has 0 spiro atoms. The van der Waals surface area contributed by atoms with Crippen LogP contribution < -0.4 is 0 Å². The Morgan fingerprint density at radius 3 is 1.93 bits per heavy atom. The lowest BCUT2D eigenvalue weighted by Gasteiger charge is -2.25. The normalized spacial score (nSPS) is 13.1. The first-order valence-corrected chi connectivity index (χ1v) is 18.6. The largest absolute Gasteiger partial charge is 0.456 e. The summed E-state index contributed by atoms with van der Waals surface area (Å²) in [5.74, 6) is 0.691. The molecule has 0 saturated carbocycles. The van der Waals surface area contributed by atoms with Crippen molar-refractivity contribution in [2.24, 2.45) is 0 Å². The van der Waals surface area contributed by atoms with Gasteiger partial charge in [-0.15, -0.1) is 0 Å². The Morgan fingerprint density at radius 1 is 0.444 bits per heavy atom. The van der Waals surface area contributed by atoms with Crippen molar-refractivity contribution in [3.8, 4) is 56.2 Å². The van der Waals surface area contributed by atoms with E-state index in [9.17, 15) is 0 Å². The van der Waals surface area contributed by atoms with Crippen molar-refractivity contribution in [1.82, 2.24) is 9.97 Å². The van der Waals surface area contributed by atoms with Gasteiger partial charge in [-0.1, -0.05) is 159 Å². The molecule has 254 valence electrons. The van der Waals surface area contributed by atoms with Gasteiger partial charge in [0.1, 0.15) is 11.2 Å². The van der Waals surface area contributed by atoms with Crippen LogP contribution in [0, 0.1) is 0 Å². The molecule has 11 rings (SSSR count). The van der Waals surface area contributed by atoms with Gasteiger partial charge in [-0.05, 0) is 79.2 Å². The molecule has 0 amide bonds. The Labute approximate surface area is 313 Å². The lowest BCUT2D eigenvalue weighted by Crippen LogP contribution is -2.16. The lowest BCUT2D eigenvalue weighted by atomic mass is 9.78. The predicted molar refractivity (Wildman–Crippen MR) is 224 cm³/mol. The van der Waals surface area contributed by atoms with E-state index in [1.807, 2.05) is 24.3 Å². The van der Waals surface area contributed by atoms with Gasteiger partial charge in [0, 0.05) is 32.9 Å². The Bertz CT molecular complexity index is 3130. The highest BCUT2D eigenvalue weighted by Crippen LogP contribution is 2.55. The second-order valence-electron chi connectivity index (χ2n) is 14.9. The fourth-order valence-corrected chi connectivity index (χ4v) is 9.06. The number of hydrogen-bond donors (Lipinski definition) is 0. The van der Waals surface area contributed by atoms with E-state index in [4.69, 9.17) is 14.4 Å². The van der Waals surface area contributed by atoms with E-state index in [0.717, 1.165) is 55.4 Å². The number of furan rings is 1. The van der Waals surface area contributed by atoms with Crippen molar-refractivity contribution in [2.75, 3.05) is 0 Å². The maximum Gasteiger partial charge on any atom is 0.161 e. The molecule has 0 aliphatic heterocycles. The number of hydrogen-bond acceptors (Lipinski definition) is 3. The predicted octanol–water partition coefficient (Wildman–Crippen LogP) is 13.7. The average Bonchev–Trinajstić information content (AvgIpc) is 3.73. The minimum absolute atomic E-state index is 0.175. The Hall–Kier alpha value is -6.84. The molecule has 0 bridgehead atoms. The number of nitrogens with zero attached hydrogens (tertiary/aromatic N) is 2. The first-order valence-electron chi connectivity index (χ1n) is 18.6. The summed E-state index contributed by atoms with van der Waals surface area (Å²) in [6.07, 6.45) is 0. The van der Waals surface area contributed by atoms with Crippen molar-refractivity contribution in [3.05, 3.63) is 181 Å². The fourth-order valence-electron chi connectivity index (χ4n) is 9.06. The summed E-state index contributed by atoms with van der Waals surface area (Å²) in [7, 11) is 0. The average molecular weight is 691 g/mol. The summed E-state index contributed by atoms with van der Waals surface area (Å²) in [5.41, 5.74) is 14.2.